The van der Waals surface area contributed by atoms with Crippen molar-refractivity contribution < 1.29 is 28.2 Å². The van der Waals surface area contributed by atoms with Gasteiger partial charge in [0, 0.05) is 37.7 Å². The zero-order valence-electron chi connectivity index (χ0n) is 21.9. The van der Waals surface area contributed by atoms with Crippen LogP contribution in [-0.2, 0) is 11.3 Å². The summed E-state index contributed by atoms with van der Waals surface area (Å²) in [5, 5.41) is 6.10. The lowest BCUT2D eigenvalue weighted by Gasteiger charge is -2.39. The molecular formula is C27H28ClFN6O5. The molecule has 4 N–H and O–H groups in total. The molecule has 2 aliphatic heterocycles. The summed E-state index contributed by atoms with van der Waals surface area (Å²) in [5.41, 5.74) is 7.22. The van der Waals surface area contributed by atoms with Crippen LogP contribution in [0.25, 0.3) is 0 Å². The molecule has 11 nitrogen and oxygen atoms in total. The Morgan fingerprint density at radius 2 is 2.02 bits per heavy atom. The largest absolute Gasteiger partial charge is 0.493 e. The van der Waals surface area contributed by atoms with Gasteiger partial charge in [-0.1, -0.05) is 11.6 Å². The van der Waals surface area contributed by atoms with Gasteiger partial charge < -0.3 is 35.5 Å². The molecule has 1 saturated heterocycles. The quantitative estimate of drug-likeness (QED) is 0.424. The summed E-state index contributed by atoms with van der Waals surface area (Å²) in [7, 11) is 1.46. The molecule has 1 fully saturated rings. The van der Waals surface area contributed by atoms with Crippen molar-refractivity contribution in [2.24, 2.45) is 0 Å². The Bertz CT molecular complexity index is 1460. The van der Waals surface area contributed by atoms with Gasteiger partial charge in [0.15, 0.2) is 23.9 Å². The smallest absolute Gasteiger partial charge is 0.258 e. The Morgan fingerprint density at radius 1 is 1.20 bits per heavy atom. The molecule has 210 valence electrons. The Morgan fingerprint density at radius 3 is 2.83 bits per heavy atom. The molecule has 3 aromatic rings. The fourth-order valence-electron chi connectivity index (χ4n) is 4.72. The van der Waals surface area contributed by atoms with Crippen molar-refractivity contribution >= 4 is 35.2 Å². The van der Waals surface area contributed by atoms with Gasteiger partial charge in [0.05, 0.1) is 18.8 Å². The maximum Gasteiger partial charge on any atom is 0.258 e. The third kappa shape index (κ3) is 5.96. The molecule has 40 heavy (non-hydrogen) atoms. The Balaban J connectivity index is 1.51. The monoisotopic (exact) mass is 570 g/mol. The van der Waals surface area contributed by atoms with Gasteiger partial charge in [0.25, 0.3) is 11.8 Å². The molecule has 2 aromatic carbocycles. The van der Waals surface area contributed by atoms with E-state index < -0.39 is 29.8 Å². The van der Waals surface area contributed by atoms with Crippen molar-refractivity contribution in [2.45, 2.75) is 32.0 Å². The van der Waals surface area contributed by atoms with E-state index in [0.717, 1.165) is 0 Å². The Kier molecular flexibility index (Phi) is 7.78. The number of halogens is 2. The maximum absolute atomic E-state index is 14.5. The number of benzene rings is 2. The predicted octanol–water partition coefficient (Wildman–Crippen LogP) is 2.63. The highest BCUT2D eigenvalue weighted by Crippen LogP contribution is 2.32. The molecule has 0 spiro atoms. The number of nitrogens with one attached hydrogen (secondary N) is 2. The molecule has 0 radical (unpaired) electrons. The number of methoxy groups -OCH3 is 1. The van der Waals surface area contributed by atoms with Crippen LogP contribution in [0.1, 0.15) is 28.0 Å². The first-order valence-electron chi connectivity index (χ1n) is 12.6. The Labute approximate surface area is 234 Å². The topological polar surface area (TPSA) is 141 Å². The van der Waals surface area contributed by atoms with Gasteiger partial charge in [0.2, 0.25) is 5.95 Å². The minimum absolute atomic E-state index is 0.0685. The van der Waals surface area contributed by atoms with Gasteiger partial charge in [-0.25, -0.2) is 9.37 Å². The molecule has 5 rings (SSSR count). The summed E-state index contributed by atoms with van der Waals surface area (Å²) in [6.07, 6.45) is -0.0746. The third-order valence-corrected chi connectivity index (χ3v) is 7.12. The van der Waals surface area contributed by atoms with Crippen LogP contribution < -0.4 is 35.5 Å². The highest BCUT2D eigenvalue weighted by atomic mass is 35.5. The second-order valence-corrected chi connectivity index (χ2v) is 9.88. The SMILES string of the molecule is COc1ccc2cc1OCC(=O)NCc1cc(F)cc(c1)O[C@@H]1CCN(c3nc(N)nc(C)c3Cl)C[C@@H]1NC2=O. The summed E-state index contributed by atoms with van der Waals surface area (Å²) in [6, 6.07) is 8.36. The predicted molar refractivity (Wildman–Crippen MR) is 145 cm³/mol. The molecule has 2 amide bonds. The van der Waals surface area contributed by atoms with Crippen LogP contribution in [0.3, 0.4) is 0 Å². The van der Waals surface area contributed by atoms with Crippen molar-refractivity contribution in [3.05, 3.63) is 64.1 Å². The molecule has 4 bridgehead atoms. The molecule has 0 aliphatic carbocycles. The van der Waals surface area contributed by atoms with Crippen molar-refractivity contribution in [1.82, 2.24) is 20.6 Å². The lowest BCUT2D eigenvalue weighted by molar-refractivity contribution is -0.123. The number of hydrogen-bond acceptors (Lipinski definition) is 9. The second-order valence-electron chi connectivity index (χ2n) is 9.50. The summed E-state index contributed by atoms with van der Waals surface area (Å²) >= 11 is 6.52. The van der Waals surface area contributed by atoms with Crippen LogP contribution in [-0.4, -0.2) is 60.7 Å². The van der Waals surface area contributed by atoms with Gasteiger partial charge >= 0.3 is 0 Å². The van der Waals surface area contributed by atoms with Crippen LogP contribution in [0, 0.1) is 12.7 Å². The van der Waals surface area contributed by atoms with E-state index in [1.807, 2.05) is 4.90 Å². The number of nitrogen functional groups attached to an aromatic ring is 1. The number of ether oxygens (including phenoxy) is 3. The van der Waals surface area contributed by atoms with Crippen LogP contribution in [0.4, 0.5) is 16.2 Å². The standard InChI is InChI=1S/C27H28ClFN6O5/c1-14-24(28)25(34-27(30)32-14)35-6-5-20-19(12-35)33-26(37)16-3-4-21(38-2)22(9-16)39-13-23(36)31-11-15-7-17(29)10-18(8-15)40-20/h3-4,7-10,19-20H,5-6,11-13H2,1-2H3,(H,31,36)(H,33,37)(H2,30,32,34)/t19-,20+/m0/s1. The number of carbonyl (C=O) groups excluding carboxylic acids is 2. The number of hydrogen-bond donors (Lipinski definition) is 3. The normalized spacial score (nSPS) is 19.4. The first-order valence-corrected chi connectivity index (χ1v) is 13.0. The average Bonchev–Trinajstić information content (AvgIpc) is 2.92. The summed E-state index contributed by atoms with van der Waals surface area (Å²) in [6.45, 7) is 2.23. The van der Waals surface area contributed by atoms with Crippen molar-refractivity contribution in [3.63, 3.8) is 0 Å². The molecule has 13 heteroatoms. The number of nitrogens with two attached hydrogens (primary N) is 1. The number of carbonyl (C=O) groups is 2. The van der Waals surface area contributed by atoms with E-state index in [1.54, 1.807) is 25.1 Å². The Hall–Kier alpha value is -4.32. The fourth-order valence-corrected chi connectivity index (χ4v) is 4.92. The molecule has 1 aromatic heterocycles. The number of amides is 2. The first kappa shape index (κ1) is 27.3. The van der Waals surface area contributed by atoms with Gasteiger partial charge in [-0.3, -0.25) is 9.59 Å². The van der Waals surface area contributed by atoms with Crippen molar-refractivity contribution in [2.75, 3.05) is 37.4 Å². The average molecular weight is 571 g/mol. The summed E-state index contributed by atoms with van der Waals surface area (Å²) in [5.74, 6) is 0.0424. The molecule has 0 unspecified atom stereocenters. The van der Waals surface area contributed by atoms with Gasteiger partial charge in [0.1, 0.15) is 22.7 Å². The van der Waals surface area contributed by atoms with Crippen molar-refractivity contribution in [1.29, 1.82) is 0 Å². The van der Waals surface area contributed by atoms with Crippen LogP contribution in [0.2, 0.25) is 5.02 Å². The summed E-state index contributed by atoms with van der Waals surface area (Å²) < 4.78 is 31.7. The van der Waals surface area contributed by atoms with Gasteiger partial charge in [-0.2, -0.15) is 4.98 Å². The highest BCUT2D eigenvalue weighted by molar-refractivity contribution is 6.33. The number of piperidine rings is 1. The number of rotatable bonds is 2. The first-order chi connectivity index (χ1) is 19.2. The number of nitrogens with zero attached hydrogens (tertiary/aromatic N) is 3. The van der Waals surface area contributed by atoms with Crippen LogP contribution in [0.5, 0.6) is 17.2 Å². The lowest BCUT2D eigenvalue weighted by Crippen LogP contribution is -2.57. The van der Waals surface area contributed by atoms with E-state index in [9.17, 15) is 14.0 Å². The van der Waals surface area contributed by atoms with Crippen LogP contribution in [0.15, 0.2) is 36.4 Å². The lowest BCUT2D eigenvalue weighted by atomic mass is 10.0. The molecule has 2 atom stereocenters. The minimum Gasteiger partial charge on any atom is -0.493 e. The molecule has 2 aliphatic rings. The van der Waals surface area contributed by atoms with Gasteiger partial charge in [-0.15, -0.1) is 0 Å². The van der Waals surface area contributed by atoms with E-state index in [2.05, 4.69) is 20.6 Å². The minimum atomic E-state index is -0.556. The number of aryl methyl sites for hydroxylation is 1. The molecule has 0 saturated carbocycles. The highest BCUT2D eigenvalue weighted by Gasteiger charge is 2.34. The molecular weight excluding hydrogens is 543 g/mol. The number of anilines is 2. The van der Waals surface area contributed by atoms with E-state index in [-0.39, 0.29) is 42.7 Å². The summed E-state index contributed by atoms with van der Waals surface area (Å²) in [4.78, 5) is 36.2. The zero-order chi connectivity index (χ0) is 28.4. The maximum atomic E-state index is 14.5. The number of fused-ring (bicyclic) bond motifs is 5. The van der Waals surface area contributed by atoms with Crippen molar-refractivity contribution in [3.8, 4) is 17.2 Å². The van der Waals surface area contributed by atoms with Crippen LogP contribution >= 0.6 is 11.6 Å². The zero-order valence-corrected chi connectivity index (χ0v) is 22.6. The number of aromatic nitrogens is 2. The fraction of sp³-hybridized carbons (Fsp3) is 0.333. The van der Waals surface area contributed by atoms with E-state index in [0.29, 0.717) is 40.8 Å². The molecule has 3 heterocycles. The van der Waals surface area contributed by atoms with Gasteiger partial charge in [-0.05, 0) is 42.8 Å². The second kappa shape index (κ2) is 11.4. The third-order valence-electron chi connectivity index (χ3n) is 6.67. The van der Waals surface area contributed by atoms with E-state index in [1.165, 1.54) is 25.3 Å². The van der Waals surface area contributed by atoms with E-state index in [4.69, 9.17) is 31.5 Å². The van der Waals surface area contributed by atoms with E-state index >= 15 is 0 Å².